The summed E-state index contributed by atoms with van der Waals surface area (Å²) in [5, 5.41) is 15.6. The molecule has 126 valence electrons. The van der Waals surface area contributed by atoms with E-state index in [2.05, 4.69) is 15.6 Å². The SMILES string of the molecule is CC(=O)N1C[C@H](O)C[C@@H]1C(=O)NCCCNc1ccc(C)cn1. The summed E-state index contributed by atoms with van der Waals surface area (Å²) in [7, 11) is 0. The van der Waals surface area contributed by atoms with Gasteiger partial charge >= 0.3 is 0 Å². The van der Waals surface area contributed by atoms with Gasteiger partial charge in [0, 0.05) is 39.2 Å². The Morgan fingerprint density at radius 1 is 1.39 bits per heavy atom. The van der Waals surface area contributed by atoms with Gasteiger partial charge in [0.2, 0.25) is 11.8 Å². The van der Waals surface area contributed by atoms with Gasteiger partial charge in [0.25, 0.3) is 0 Å². The number of amides is 2. The summed E-state index contributed by atoms with van der Waals surface area (Å²) < 4.78 is 0. The van der Waals surface area contributed by atoms with E-state index in [1.165, 1.54) is 11.8 Å². The molecule has 0 bridgehead atoms. The van der Waals surface area contributed by atoms with Crippen LogP contribution in [0.5, 0.6) is 0 Å². The van der Waals surface area contributed by atoms with E-state index < -0.39 is 12.1 Å². The minimum Gasteiger partial charge on any atom is -0.391 e. The number of anilines is 1. The van der Waals surface area contributed by atoms with E-state index >= 15 is 0 Å². The molecule has 1 aromatic heterocycles. The number of aliphatic hydroxyl groups is 1. The third-order valence-corrected chi connectivity index (χ3v) is 3.86. The Balaban J connectivity index is 1.68. The van der Waals surface area contributed by atoms with Crippen LogP contribution in [0, 0.1) is 6.92 Å². The van der Waals surface area contributed by atoms with Gasteiger partial charge in [0.1, 0.15) is 11.9 Å². The van der Waals surface area contributed by atoms with Crippen LogP contribution in [0.1, 0.15) is 25.3 Å². The fourth-order valence-electron chi connectivity index (χ4n) is 2.62. The van der Waals surface area contributed by atoms with Crippen LogP contribution < -0.4 is 10.6 Å². The Morgan fingerprint density at radius 3 is 2.83 bits per heavy atom. The Bertz CT molecular complexity index is 547. The molecule has 2 amide bonds. The molecule has 23 heavy (non-hydrogen) atoms. The Hall–Kier alpha value is -2.15. The highest BCUT2D eigenvalue weighted by atomic mass is 16.3. The predicted octanol–water partition coefficient (Wildman–Crippen LogP) is 0.290. The van der Waals surface area contributed by atoms with Gasteiger partial charge in [0.15, 0.2) is 0 Å². The number of aryl methyl sites for hydroxylation is 1. The topological polar surface area (TPSA) is 94.6 Å². The van der Waals surface area contributed by atoms with Crippen molar-refractivity contribution >= 4 is 17.6 Å². The van der Waals surface area contributed by atoms with Gasteiger partial charge in [0.05, 0.1) is 6.10 Å². The molecule has 1 saturated heterocycles. The molecule has 1 aliphatic rings. The number of likely N-dealkylation sites (tertiary alicyclic amines) is 1. The monoisotopic (exact) mass is 320 g/mol. The number of hydrogen-bond donors (Lipinski definition) is 3. The lowest BCUT2D eigenvalue weighted by Crippen LogP contribution is -2.45. The lowest BCUT2D eigenvalue weighted by atomic mass is 10.2. The second-order valence-corrected chi connectivity index (χ2v) is 5.87. The third kappa shape index (κ3) is 4.92. The molecule has 0 aromatic carbocycles. The summed E-state index contributed by atoms with van der Waals surface area (Å²) in [6.45, 7) is 4.83. The molecule has 2 atom stereocenters. The van der Waals surface area contributed by atoms with Crippen LogP contribution in [-0.4, -0.2) is 58.6 Å². The number of carbonyl (C=O) groups is 2. The smallest absolute Gasteiger partial charge is 0.242 e. The summed E-state index contributed by atoms with van der Waals surface area (Å²) in [6.07, 6.45) is 2.23. The number of hydrogen-bond acceptors (Lipinski definition) is 5. The number of β-amino-alcohol motifs (C(OH)–C–C–N with tert-alkyl or cyclic N) is 1. The normalized spacial score (nSPS) is 20.4. The summed E-state index contributed by atoms with van der Waals surface area (Å²) in [5.74, 6) is 0.419. The first kappa shape index (κ1) is 17.2. The maximum atomic E-state index is 12.1. The van der Waals surface area contributed by atoms with E-state index in [9.17, 15) is 14.7 Å². The van der Waals surface area contributed by atoms with Crippen molar-refractivity contribution in [2.75, 3.05) is 25.0 Å². The van der Waals surface area contributed by atoms with Crippen LogP contribution in [-0.2, 0) is 9.59 Å². The quantitative estimate of drug-likeness (QED) is 0.655. The van der Waals surface area contributed by atoms with Crippen molar-refractivity contribution in [2.24, 2.45) is 0 Å². The second-order valence-electron chi connectivity index (χ2n) is 5.87. The molecule has 1 aromatic rings. The number of nitrogens with one attached hydrogen (secondary N) is 2. The van der Waals surface area contributed by atoms with E-state index in [0.29, 0.717) is 19.5 Å². The molecule has 1 fully saturated rings. The van der Waals surface area contributed by atoms with Crippen molar-refractivity contribution in [3.63, 3.8) is 0 Å². The van der Waals surface area contributed by atoms with Gasteiger partial charge in [-0.05, 0) is 25.0 Å². The van der Waals surface area contributed by atoms with Gasteiger partial charge in [-0.2, -0.15) is 0 Å². The summed E-state index contributed by atoms with van der Waals surface area (Å²) in [5.41, 5.74) is 1.11. The minimum absolute atomic E-state index is 0.186. The predicted molar refractivity (Wildman–Crippen MR) is 86.9 cm³/mol. The number of carbonyl (C=O) groups excluding carboxylic acids is 2. The highest BCUT2D eigenvalue weighted by Crippen LogP contribution is 2.18. The van der Waals surface area contributed by atoms with E-state index in [1.54, 1.807) is 6.20 Å². The fourth-order valence-corrected chi connectivity index (χ4v) is 2.62. The van der Waals surface area contributed by atoms with Crippen LogP contribution >= 0.6 is 0 Å². The van der Waals surface area contributed by atoms with Gasteiger partial charge in [-0.1, -0.05) is 6.07 Å². The molecule has 3 N–H and O–H groups in total. The average molecular weight is 320 g/mol. The van der Waals surface area contributed by atoms with Gasteiger partial charge in [-0.25, -0.2) is 4.98 Å². The summed E-state index contributed by atoms with van der Waals surface area (Å²) >= 11 is 0. The van der Waals surface area contributed by atoms with Crippen LogP contribution in [0.25, 0.3) is 0 Å². The Labute approximate surface area is 136 Å². The molecule has 0 aliphatic carbocycles. The summed E-state index contributed by atoms with van der Waals surface area (Å²) in [6, 6.07) is 3.34. The Kier molecular flexibility index (Phi) is 5.92. The highest BCUT2D eigenvalue weighted by Gasteiger charge is 2.37. The highest BCUT2D eigenvalue weighted by molar-refractivity contribution is 5.87. The van der Waals surface area contributed by atoms with E-state index in [4.69, 9.17) is 0 Å². The third-order valence-electron chi connectivity index (χ3n) is 3.86. The fraction of sp³-hybridized carbons (Fsp3) is 0.562. The van der Waals surface area contributed by atoms with Crippen molar-refractivity contribution in [3.8, 4) is 0 Å². The zero-order chi connectivity index (χ0) is 16.8. The molecule has 0 unspecified atom stereocenters. The van der Waals surface area contributed by atoms with E-state index in [0.717, 1.165) is 17.8 Å². The van der Waals surface area contributed by atoms with E-state index in [1.807, 2.05) is 19.1 Å². The van der Waals surface area contributed by atoms with Crippen molar-refractivity contribution in [2.45, 2.75) is 38.8 Å². The zero-order valence-corrected chi connectivity index (χ0v) is 13.6. The number of rotatable bonds is 6. The van der Waals surface area contributed by atoms with Crippen molar-refractivity contribution in [1.82, 2.24) is 15.2 Å². The molecule has 2 heterocycles. The van der Waals surface area contributed by atoms with Crippen LogP contribution in [0.15, 0.2) is 18.3 Å². The number of aromatic nitrogens is 1. The largest absolute Gasteiger partial charge is 0.391 e. The lowest BCUT2D eigenvalue weighted by Gasteiger charge is -2.22. The van der Waals surface area contributed by atoms with Crippen LogP contribution in [0.2, 0.25) is 0 Å². The second kappa shape index (κ2) is 7.92. The standard InChI is InChI=1S/C16H24N4O3/c1-11-4-5-15(19-9-11)17-6-3-7-18-16(23)14-8-13(22)10-20(14)12(2)21/h4-5,9,13-14,22H,3,6-8,10H2,1-2H3,(H,17,19)(H,18,23)/t13-,14-/m1/s1. The minimum atomic E-state index is -0.621. The maximum Gasteiger partial charge on any atom is 0.242 e. The molecule has 0 saturated carbocycles. The number of pyridine rings is 1. The average Bonchev–Trinajstić information content (AvgIpc) is 2.91. The molecular weight excluding hydrogens is 296 g/mol. The number of aliphatic hydroxyl groups excluding tert-OH is 1. The maximum absolute atomic E-state index is 12.1. The van der Waals surface area contributed by atoms with Crippen molar-refractivity contribution in [3.05, 3.63) is 23.9 Å². The lowest BCUT2D eigenvalue weighted by molar-refractivity contribution is -0.136. The molecule has 7 nitrogen and oxygen atoms in total. The molecule has 7 heteroatoms. The van der Waals surface area contributed by atoms with Gasteiger partial charge < -0.3 is 20.6 Å². The zero-order valence-electron chi connectivity index (χ0n) is 13.6. The van der Waals surface area contributed by atoms with Crippen molar-refractivity contribution in [1.29, 1.82) is 0 Å². The van der Waals surface area contributed by atoms with Crippen LogP contribution in [0.3, 0.4) is 0 Å². The molecule has 1 aliphatic heterocycles. The van der Waals surface area contributed by atoms with Crippen LogP contribution in [0.4, 0.5) is 5.82 Å². The first-order chi connectivity index (χ1) is 11.0. The molecule has 0 spiro atoms. The molecular formula is C16H24N4O3. The first-order valence-electron chi connectivity index (χ1n) is 7.87. The molecule has 2 rings (SSSR count). The van der Waals surface area contributed by atoms with Crippen molar-refractivity contribution < 1.29 is 14.7 Å². The first-order valence-corrected chi connectivity index (χ1v) is 7.87. The number of nitrogens with zero attached hydrogens (tertiary/aromatic N) is 2. The summed E-state index contributed by atoms with van der Waals surface area (Å²) in [4.78, 5) is 29.3. The molecule has 0 radical (unpaired) electrons. The van der Waals surface area contributed by atoms with Gasteiger partial charge in [-0.3, -0.25) is 9.59 Å². The Morgan fingerprint density at radius 2 is 2.17 bits per heavy atom. The van der Waals surface area contributed by atoms with Gasteiger partial charge in [-0.15, -0.1) is 0 Å². The van der Waals surface area contributed by atoms with E-state index in [-0.39, 0.29) is 18.4 Å².